The Hall–Kier alpha value is -3.23. The molecule has 0 spiro atoms. The summed E-state index contributed by atoms with van der Waals surface area (Å²) < 4.78 is 32.6. The van der Waals surface area contributed by atoms with Crippen LogP contribution in [0.25, 0.3) is 10.8 Å². The van der Waals surface area contributed by atoms with E-state index < -0.39 is 16.0 Å². The second kappa shape index (κ2) is 10.1. The van der Waals surface area contributed by atoms with Crippen LogP contribution >= 0.6 is 0 Å². The van der Waals surface area contributed by atoms with E-state index in [1.165, 1.54) is 9.21 Å². The van der Waals surface area contributed by atoms with Gasteiger partial charge in [-0.2, -0.15) is 4.31 Å². The van der Waals surface area contributed by atoms with Crippen molar-refractivity contribution >= 4 is 32.7 Å². The van der Waals surface area contributed by atoms with E-state index in [0.717, 1.165) is 16.3 Å². The Morgan fingerprint density at radius 1 is 0.818 bits per heavy atom. The SMILES string of the molecule is O=C(CCc1ccccc1)OCC(=O)N1CCN(S(=O)(=O)c2ccc3ccccc3c2)CC1. The van der Waals surface area contributed by atoms with Crippen LogP contribution in [0.15, 0.2) is 77.7 Å². The number of hydrogen-bond acceptors (Lipinski definition) is 5. The number of esters is 1. The molecule has 0 atom stereocenters. The molecule has 33 heavy (non-hydrogen) atoms. The molecule has 0 aliphatic carbocycles. The highest BCUT2D eigenvalue weighted by atomic mass is 32.2. The first-order valence-electron chi connectivity index (χ1n) is 10.9. The van der Waals surface area contributed by atoms with Crippen molar-refractivity contribution in [1.82, 2.24) is 9.21 Å². The minimum Gasteiger partial charge on any atom is -0.456 e. The van der Waals surface area contributed by atoms with E-state index in [1.807, 2.05) is 54.6 Å². The molecule has 3 aromatic rings. The summed E-state index contributed by atoms with van der Waals surface area (Å²) in [4.78, 5) is 26.2. The topological polar surface area (TPSA) is 84.0 Å². The summed E-state index contributed by atoms with van der Waals surface area (Å²) in [5.41, 5.74) is 1.03. The van der Waals surface area contributed by atoms with E-state index in [-0.39, 0.29) is 50.0 Å². The zero-order valence-electron chi connectivity index (χ0n) is 18.2. The van der Waals surface area contributed by atoms with Gasteiger partial charge in [0.25, 0.3) is 5.91 Å². The fourth-order valence-electron chi connectivity index (χ4n) is 3.85. The van der Waals surface area contributed by atoms with Crippen molar-refractivity contribution in [2.75, 3.05) is 32.8 Å². The van der Waals surface area contributed by atoms with Crippen LogP contribution in [-0.4, -0.2) is 62.3 Å². The molecule has 1 aliphatic rings. The van der Waals surface area contributed by atoms with E-state index in [0.29, 0.717) is 6.42 Å². The third-order valence-electron chi connectivity index (χ3n) is 5.77. The maximum atomic E-state index is 13.1. The number of carbonyl (C=O) groups is 2. The third kappa shape index (κ3) is 5.58. The molecule has 1 amide bonds. The summed E-state index contributed by atoms with van der Waals surface area (Å²) in [6.07, 6.45) is 0.758. The van der Waals surface area contributed by atoms with Crippen molar-refractivity contribution in [3.8, 4) is 0 Å². The first-order chi connectivity index (χ1) is 15.9. The van der Waals surface area contributed by atoms with Gasteiger partial charge in [0.05, 0.1) is 4.90 Å². The minimum absolute atomic E-state index is 0.197. The van der Waals surface area contributed by atoms with Gasteiger partial charge in [-0.15, -0.1) is 0 Å². The largest absolute Gasteiger partial charge is 0.456 e. The van der Waals surface area contributed by atoms with E-state index in [2.05, 4.69) is 0 Å². The predicted molar refractivity (Wildman–Crippen MR) is 125 cm³/mol. The Bertz CT molecular complexity index is 1240. The van der Waals surface area contributed by atoms with Crippen LogP contribution in [0.5, 0.6) is 0 Å². The highest BCUT2D eigenvalue weighted by Gasteiger charge is 2.30. The van der Waals surface area contributed by atoms with Crippen molar-refractivity contribution in [3.63, 3.8) is 0 Å². The van der Waals surface area contributed by atoms with Gasteiger partial charge in [0.2, 0.25) is 10.0 Å². The van der Waals surface area contributed by atoms with Crippen LogP contribution < -0.4 is 0 Å². The van der Waals surface area contributed by atoms with Crippen molar-refractivity contribution in [3.05, 3.63) is 78.4 Å². The zero-order valence-corrected chi connectivity index (χ0v) is 19.0. The lowest BCUT2D eigenvalue weighted by molar-refractivity contribution is -0.152. The van der Waals surface area contributed by atoms with Crippen LogP contribution in [0.2, 0.25) is 0 Å². The molecule has 0 unspecified atom stereocenters. The average molecular weight is 467 g/mol. The number of hydrogen-bond donors (Lipinski definition) is 0. The lowest BCUT2D eigenvalue weighted by atomic mass is 10.1. The van der Waals surface area contributed by atoms with Gasteiger partial charge in [-0.25, -0.2) is 8.42 Å². The molecule has 0 N–H and O–H groups in total. The molecular formula is C25H26N2O5S. The summed E-state index contributed by atoms with van der Waals surface area (Å²) in [5, 5.41) is 1.84. The summed E-state index contributed by atoms with van der Waals surface area (Å²) in [6.45, 7) is 0.581. The van der Waals surface area contributed by atoms with Gasteiger partial charge < -0.3 is 9.64 Å². The van der Waals surface area contributed by atoms with Crippen molar-refractivity contribution in [2.45, 2.75) is 17.7 Å². The summed E-state index contributed by atoms with van der Waals surface area (Å²) in [5.74, 6) is -0.740. The van der Waals surface area contributed by atoms with Gasteiger partial charge >= 0.3 is 5.97 Å². The number of benzene rings is 3. The van der Waals surface area contributed by atoms with Gasteiger partial charge in [0.15, 0.2) is 6.61 Å². The standard InChI is InChI=1S/C25H26N2O5S/c28-24(19-32-25(29)13-10-20-6-2-1-3-7-20)26-14-16-27(17-15-26)33(30,31)23-12-11-21-8-4-5-9-22(21)18-23/h1-9,11-12,18H,10,13-17,19H2. The third-order valence-corrected chi connectivity index (χ3v) is 7.66. The van der Waals surface area contributed by atoms with Crippen molar-refractivity contribution in [1.29, 1.82) is 0 Å². The smallest absolute Gasteiger partial charge is 0.306 e. The van der Waals surface area contributed by atoms with Crippen LogP contribution in [0.3, 0.4) is 0 Å². The number of carbonyl (C=O) groups excluding carboxylic acids is 2. The lowest BCUT2D eigenvalue weighted by Crippen LogP contribution is -2.51. The second-order valence-electron chi connectivity index (χ2n) is 7.94. The van der Waals surface area contributed by atoms with Crippen molar-refractivity contribution < 1.29 is 22.7 Å². The Morgan fingerprint density at radius 2 is 1.48 bits per heavy atom. The second-order valence-corrected chi connectivity index (χ2v) is 9.88. The zero-order chi connectivity index (χ0) is 23.3. The molecule has 1 fully saturated rings. The minimum atomic E-state index is -3.65. The molecule has 172 valence electrons. The Morgan fingerprint density at radius 3 is 2.21 bits per heavy atom. The first kappa shape index (κ1) is 22.9. The van der Waals surface area contributed by atoms with Crippen molar-refractivity contribution in [2.24, 2.45) is 0 Å². The number of fused-ring (bicyclic) bond motifs is 1. The van der Waals surface area contributed by atoms with Gasteiger partial charge in [-0.3, -0.25) is 9.59 Å². The highest BCUT2D eigenvalue weighted by molar-refractivity contribution is 7.89. The molecule has 1 heterocycles. The molecule has 3 aromatic carbocycles. The van der Waals surface area contributed by atoms with E-state index >= 15 is 0 Å². The van der Waals surface area contributed by atoms with E-state index in [1.54, 1.807) is 18.2 Å². The molecule has 1 aliphatic heterocycles. The monoisotopic (exact) mass is 466 g/mol. The van der Waals surface area contributed by atoms with E-state index in [4.69, 9.17) is 4.74 Å². The average Bonchev–Trinajstić information content (AvgIpc) is 2.86. The number of nitrogens with zero attached hydrogens (tertiary/aromatic N) is 2. The maximum absolute atomic E-state index is 13.1. The number of amides is 1. The van der Waals surface area contributed by atoms with Gasteiger partial charge in [0.1, 0.15) is 0 Å². The van der Waals surface area contributed by atoms with Crippen LogP contribution in [0.1, 0.15) is 12.0 Å². The van der Waals surface area contributed by atoms with Gasteiger partial charge in [-0.1, -0.05) is 60.7 Å². The Kier molecular flexibility index (Phi) is 7.05. The Labute approximate surface area is 193 Å². The first-order valence-corrected chi connectivity index (χ1v) is 12.3. The fraction of sp³-hybridized carbons (Fsp3) is 0.280. The molecule has 0 aromatic heterocycles. The van der Waals surface area contributed by atoms with Crippen LogP contribution in [0, 0.1) is 0 Å². The fourth-order valence-corrected chi connectivity index (χ4v) is 5.31. The summed E-state index contributed by atoms with van der Waals surface area (Å²) >= 11 is 0. The molecule has 1 saturated heterocycles. The highest BCUT2D eigenvalue weighted by Crippen LogP contribution is 2.23. The molecule has 4 rings (SSSR count). The normalized spacial score (nSPS) is 14.8. The molecule has 7 nitrogen and oxygen atoms in total. The number of sulfonamides is 1. The number of aryl methyl sites for hydroxylation is 1. The summed E-state index contributed by atoms with van der Waals surface area (Å²) in [7, 11) is -3.65. The lowest BCUT2D eigenvalue weighted by Gasteiger charge is -2.33. The van der Waals surface area contributed by atoms with Crippen LogP contribution in [-0.2, 0) is 30.8 Å². The molecule has 0 radical (unpaired) electrons. The number of ether oxygens (including phenoxy) is 1. The maximum Gasteiger partial charge on any atom is 0.306 e. The number of piperazine rings is 1. The molecule has 0 saturated carbocycles. The molecular weight excluding hydrogens is 440 g/mol. The van der Waals surface area contributed by atoms with Gasteiger partial charge in [0, 0.05) is 32.6 Å². The van der Waals surface area contributed by atoms with E-state index in [9.17, 15) is 18.0 Å². The predicted octanol–water partition coefficient (Wildman–Crippen LogP) is 2.85. The molecule has 8 heteroatoms. The van der Waals surface area contributed by atoms with Crippen LogP contribution in [0.4, 0.5) is 0 Å². The Balaban J connectivity index is 1.27. The van der Waals surface area contributed by atoms with Gasteiger partial charge in [-0.05, 0) is 34.9 Å². The quantitative estimate of drug-likeness (QED) is 0.500. The summed E-state index contributed by atoms with van der Waals surface area (Å²) in [6, 6.07) is 22.3. The molecule has 0 bridgehead atoms. The number of rotatable bonds is 7.